The van der Waals surface area contributed by atoms with Crippen molar-refractivity contribution in [2.45, 2.75) is 51.5 Å². The molecule has 0 spiro atoms. The third kappa shape index (κ3) is 1.66. The van der Waals surface area contributed by atoms with E-state index in [4.69, 9.17) is 0 Å². The number of nitrogens with zero attached hydrogens (tertiary/aromatic N) is 1. The Balaban J connectivity index is 2.63. The first kappa shape index (κ1) is 10.0. The molecular formula is C11H22N. The van der Waals surface area contributed by atoms with E-state index < -0.39 is 0 Å². The summed E-state index contributed by atoms with van der Waals surface area (Å²) in [6.45, 7) is 11.0. The summed E-state index contributed by atoms with van der Waals surface area (Å²) in [5.41, 5.74) is 0.476. The molecule has 0 N–H and O–H groups in total. The van der Waals surface area contributed by atoms with Gasteiger partial charge in [-0.2, -0.15) is 0 Å². The third-order valence-electron chi connectivity index (χ3n) is 3.43. The van der Waals surface area contributed by atoms with Crippen molar-refractivity contribution < 1.29 is 0 Å². The summed E-state index contributed by atoms with van der Waals surface area (Å²) >= 11 is 0. The SMILES string of the molecule is [CH2]CC1(N(CC)CC)CCCC1. The van der Waals surface area contributed by atoms with Crippen LogP contribution in [0.1, 0.15) is 46.0 Å². The smallest absolute Gasteiger partial charge is 0.0209 e. The van der Waals surface area contributed by atoms with Crippen molar-refractivity contribution >= 4 is 0 Å². The van der Waals surface area contributed by atoms with E-state index in [1.165, 1.54) is 38.8 Å². The average Bonchev–Trinajstić information content (AvgIpc) is 2.56. The van der Waals surface area contributed by atoms with E-state index in [-0.39, 0.29) is 0 Å². The lowest BCUT2D eigenvalue weighted by Crippen LogP contribution is -2.46. The van der Waals surface area contributed by atoms with E-state index in [0.717, 1.165) is 6.42 Å². The van der Waals surface area contributed by atoms with Gasteiger partial charge in [-0.25, -0.2) is 0 Å². The van der Waals surface area contributed by atoms with Gasteiger partial charge in [0.15, 0.2) is 0 Å². The molecule has 0 saturated heterocycles. The molecule has 1 aliphatic rings. The van der Waals surface area contributed by atoms with Crippen LogP contribution >= 0.6 is 0 Å². The molecule has 0 atom stereocenters. The summed E-state index contributed by atoms with van der Waals surface area (Å²) in [4.78, 5) is 2.60. The second-order valence-corrected chi connectivity index (χ2v) is 3.85. The number of hydrogen-bond acceptors (Lipinski definition) is 1. The van der Waals surface area contributed by atoms with E-state index in [0.29, 0.717) is 5.54 Å². The molecule has 0 amide bonds. The quantitative estimate of drug-likeness (QED) is 0.624. The fourth-order valence-corrected chi connectivity index (χ4v) is 2.65. The molecule has 0 bridgehead atoms. The van der Waals surface area contributed by atoms with Crippen molar-refractivity contribution in [3.8, 4) is 0 Å². The molecule has 0 aromatic heterocycles. The fourth-order valence-electron chi connectivity index (χ4n) is 2.65. The van der Waals surface area contributed by atoms with Gasteiger partial charge in [-0.05, 0) is 32.4 Å². The van der Waals surface area contributed by atoms with Gasteiger partial charge in [-0.15, -0.1) is 0 Å². The van der Waals surface area contributed by atoms with Crippen LogP contribution in [-0.2, 0) is 0 Å². The monoisotopic (exact) mass is 168 g/mol. The van der Waals surface area contributed by atoms with Gasteiger partial charge in [0.2, 0.25) is 0 Å². The zero-order valence-corrected chi connectivity index (χ0v) is 8.60. The Morgan fingerprint density at radius 3 is 2.00 bits per heavy atom. The molecule has 0 aromatic carbocycles. The van der Waals surface area contributed by atoms with Gasteiger partial charge < -0.3 is 0 Å². The zero-order valence-electron chi connectivity index (χ0n) is 8.60. The molecule has 0 heterocycles. The molecule has 1 nitrogen and oxygen atoms in total. The first-order chi connectivity index (χ1) is 5.79. The van der Waals surface area contributed by atoms with Crippen LogP contribution in [-0.4, -0.2) is 23.5 Å². The molecule has 1 fully saturated rings. The molecule has 1 heteroatoms. The molecule has 1 rings (SSSR count). The maximum absolute atomic E-state index is 4.12. The van der Waals surface area contributed by atoms with E-state index in [1.54, 1.807) is 0 Å². The highest BCUT2D eigenvalue weighted by molar-refractivity contribution is 4.94. The van der Waals surface area contributed by atoms with Crippen LogP contribution in [0.25, 0.3) is 0 Å². The fraction of sp³-hybridized carbons (Fsp3) is 0.909. The van der Waals surface area contributed by atoms with Gasteiger partial charge in [0, 0.05) is 5.54 Å². The normalized spacial score (nSPS) is 22.0. The van der Waals surface area contributed by atoms with Crippen LogP contribution in [0.4, 0.5) is 0 Å². The Morgan fingerprint density at radius 2 is 1.67 bits per heavy atom. The van der Waals surface area contributed by atoms with Gasteiger partial charge in [-0.3, -0.25) is 4.90 Å². The Kier molecular flexibility index (Phi) is 3.57. The number of rotatable bonds is 4. The highest BCUT2D eigenvalue weighted by Crippen LogP contribution is 2.37. The van der Waals surface area contributed by atoms with Crippen molar-refractivity contribution in [3.05, 3.63) is 6.92 Å². The molecule has 0 aromatic rings. The first-order valence-corrected chi connectivity index (χ1v) is 5.33. The minimum Gasteiger partial charge on any atom is -0.298 e. The lowest BCUT2D eigenvalue weighted by Gasteiger charge is -2.39. The Labute approximate surface area is 77.1 Å². The van der Waals surface area contributed by atoms with Crippen molar-refractivity contribution in [1.29, 1.82) is 0 Å². The standard InChI is InChI=1S/C11H22N/c1-4-11(9-7-8-10-11)12(5-2)6-3/h1,4-10H2,2-3H3. The van der Waals surface area contributed by atoms with E-state index >= 15 is 0 Å². The van der Waals surface area contributed by atoms with Gasteiger partial charge >= 0.3 is 0 Å². The predicted molar refractivity (Wildman–Crippen MR) is 54.1 cm³/mol. The van der Waals surface area contributed by atoms with Crippen LogP contribution in [0.15, 0.2) is 0 Å². The van der Waals surface area contributed by atoms with E-state index in [1.807, 2.05) is 0 Å². The topological polar surface area (TPSA) is 3.24 Å². The van der Waals surface area contributed by atoms with Gasteiger partial charge in [0.05, 0.1) is 0 Å². The summed E-state index contributed by atoms with van der Waals surface area (Å²) < 4.78 is 0. The maximum atomic E-state index is 4.12. The highest BCUT2D eigenvalue weighted by atomic mass is 15.2. The van der Waals surface area contributed by atoms with Gasteiger partial charge in [-0.1, -0.05) is 33.6 Å². The van der Waals surface area contributed by atoms with Crippen molar-refractivity contribution in [2.24, 2.45) is 0 Å². The van der Waals surface area contributed by atoms with Crippen LogP contribution in [0.5, 0.6) is 0 Å². The maximum Gasteiger partial charge on any atom is 0.0209 e. The minimum atomic E-state index is 0.476. The minimum absolute atomic E-state index is 0.476. The van der Waals surface area contributed by atoms with Crippen LogP contribution in [0.3, 0.4) is 0 Å². The predicted octanol–water partition coefficient (Wildman–Crippen LogP) is 2.87. The van der Waals surface area contributed by atoms with E-state index in [9.17, 15) is 0 Å². The summed E-state index contributed by atoms with van der Waals surface area (Å²) in [5.74, 6) is 0. The largest absolute Gasteiger partial charge is 0.298 e. The molecule has 1 radical (unpaired) electrons. The van der Waals surface area contributed by atoms with Gasteiger partial charge in [0.1, 0.15) is 0 Å². The van der Waals surface area contributed by atoms with Crippen LogP contribution in [0, 0.1) is 6.92 Å². The van der Waals surface area contributed by atoms with Crippen molar-refractivity contribution in [2.75, 3.05) is 13.1 Å². The summed E-state index contributed by atoms with van der Waals surface area (Å²) in [6, 6.07) is 0. The summed E-state index contributed by atoms with van der Waals surface area (Å²) in [5, 5.41) is 0. The van der Waals surface area contributed by atoms with Gasteiger partial charge in [0.25, 0.3) is 0 Å². The van der Waals surface area contributed by atoms with Crippen molar-refractivity contribution in [3.63, 3.8) is 0 Å². The molecular weight excluding hydrogens is 146 g/mol. The Hall–Kier alpha value is -0.0400. The number of hydrogen-bond donors (Lipinski definition) is 0. The molecule has 12 heavy (non-hydrogen) atoms. The van der Waals surface area contributed by atoms with Crippen LogP contribution < -0.4 is 0 Å². The molecule has 1 saturated carbocycles. The lowest BCUT2D eigenvalue weighted by molar-refractivity contribution is 0.106. The summed E-state index contributed by atoms with van der Waals surface area (Å²) in [6.07, 6.45) is 6.66. The molecule has 0 aliphatic heterocycles. The molecule has 71 valence electrons. The second kappa shape index (κ2) is 4.27. The third-order valence-corrected chi connectivity index (χ3v) is 3.43. The summed E-state index contributed by atoms with van der Waals surface area (Å²) in [7, 11) is 0. The molecule has 0 unspecified atom stereocenters. The average molecular weight is 168 g/mol. The first-order valence-electron chi connectivity index (χ1n) is 5.33. The highest BCUT2D eigenvalue weighted by Gasteiger charge is 2.35. The Morgan fingerprint density at radius 1 is 1.17 bits per heavy atom. The lowest BCUT2D eigenvalue weighted by atomic mass is 9.92. The van der Waals surface area contributed by atoms with E-state index in [2.05, 4.69) is 25.7 Å². The Bertz CT molecular complexity index is 121. The van der Waals surface area contributed by atoms with Crippen molar-refractivity contribution in [1.82, 2.24) is 4.90 Å². The zero-order chi connectivity index (χ0) is 9.03. The van der Waals surface area contributed by atoms with Crippen LogP contribution in [0.2, 0.25) is 0 Å². The second-order valence-electron chi connectivity index (χ2n) is 3.85. The molecule has 1 aliphatic carbocycles.